The van der Waals surface area contributed by atoms with Gasteiger partial charge in [-0.15, -0.1) is 0 Å². The summed E-state index contributed by atoms with van der Waals surface area (Å²) in [6.45, 7) is 5.00. The van der Waals surface area contributed by atoms with E-state index in [0.717, 1.165) is 19.3 Å². The summed E-state index contributed by atoms with van der Waals surface area (Å²) in [5.41, 5.74) is 0.163. The van der Waals surface area contributed by atoms with E-state index in [1.54, 1.807) is 0 Å². The van der Waals surface area contributed by atoms with Crippen molar-refractivity contribution in [3.8, 4) is 0 Å². The summed E-state index contributed by atoms with van der Waals surface area (Å²) >= 11 is 0. The molecule has 128 valence electrons. The van der Waals surface area contributed by atoms with Gasteiger partial charge in [0.05, 0.1) is 19.1 Å². The maximum Gasteiger partial charge on any atom is 0.390 e. The van der Waals surface area contributed by atoms with Crippen LogP contribution in [-0.4, -0.2) is 44.0 Å². The SMILES string of the molecule is CCNC(=NCCC(F)(F)F)NC1CC(OCC)C12CCC2. The normalized spacial score (nSPS) is 27.2. The van der Waals surface area contributed by atoms with Crippen LogP contribution in [0.2, 0.25) is 0 Å². The van der Waals surface area contributed by atoms with Crippen molar-refractivity contribution < 1.29 is 17.9 Å². The van der Waals surface area contributed by atoms with Gasteiger partial charge in [-0.05, 0) is 33.1 Å². The maximum absolute atomic E-state index is 12.2. The number of aliphatic imine (C=N–C) groups is 1. The first-order valence-corrected chi connectivity index (χ1v) is 8.14. The molecule has 2 saturated carbocycles. The first kappa shape index (κ1) is 17.4. The molecule has 0 radical (unpaired) electrons. The summed E-state index contributed by atoms with van der Waals surface area (Å²) in [7, 11) is 0. The summed E-state index contributed by atoms with van der Waals surface area (Å²) in [6, 6.07) is 0.251. The molecular weight excluding hydrogens is 295 g/mol. The van der Waals surface area contributed by atoms with Crippen molar-refractivity contribution in [2.45, 2.75) is 64.3 Å². The van der Waals surface area contributed by atoms with Crippen molar-refractivity contribution in [1.29, 1.82) is 0 Å². The van der Waals surface area contributed by atoms with E-state index in [1.165, 1.54) is 6.42 Å². The lowest BCUT2D eigenvalue weighted by atomic mass is 9.51. The van der Waals surface area contributed by atoms with Gasteiger partial charge in [0, 0.05) is 24.6 Å². The lowest BCUT2D eigenvalue weighted by Gasteiger charge is -2.61. The monoisotopic (exact) mass is 321 g/mol. The Hall–Kier alpha value is -0.980. The van der Waals surface area contributed by atoms with E-state index >= 15 is 0 Å². The van der Waals surface area contributed by atoms with Crippen LogP contribution in [-0.2, 0) is 4.74 Å². The first-order valence-electron chi connectivity index (χ1n) is 8.14. The average Bonchev–Trinajstić information content (AvgIpc) is 2.33. The zero-order valence-corrected chi connectivity index (χ0v) is 13.3. The Labute approximate surface area is 129 Å². The van der Waals surface area contributed by atoms with E-state index < -0.39 is 12.6 Å². The molecule has 7 heteroatoms. The van der Waals surface area contributed by atoms with E-state index in [9.17, 15) is 13.2 Å². The van der Waals surface area contributed by atoms with Crippen LogP contribution in [0.3, 0.4) is 0 Å². The predicted octanol–water partition coefficient (Wildman–Crippen LogP) is 2.84. The smallest absolute Gasteiger partial charge is 0.378 e. The number of nitrogens with one attached hydrogen (secondary N) is 2. The molecule has 0 aromatic carbocycles. The van der Waals surface area contributed by atoms with Gasteiger partial charge in [-0.1, -0.05) is 6.42 Å². The van der Waals surface area contributed by atoms with Gasteiger partial charge in [-0.3, -0.25) is 4.99 Å². The Morgan fingerprint density at radius 2 is 2.05 bits per heavy atom. The Balaban J connectivity index is 1.90. The highest BCUT2D eigenvalue weighted by Crippen LogP contribution is 2.57. The minimum absolute atomic E-state index is 0.163. The summed E-state index contributed by atoms with van der Waals surface area (Å²) in [4.78, 5) is 4.05. The summed E-state index contributed by atoms with van der Waals surface area (Å²) in [6.07, 6.45) is -0.426. The second kappa shape index (κ2) is 7.06. The van der Waals surface area contributed by atoms with Crippen molar-refractivity contribution in [2.75, 3.05) is 19.7 Å². The molecule has 0 heterocycles. The first-order chi connectivity index (χ1) is 10.4. The molecule has 0 aromatic heterocycles. The van der Waals surface area contributed by atoms with Crippen LogP contribution in [0.15, 0.2) is 4.99 Å². The third kappa shape index (κ3) is 3.86. The van der Waals surface area contributed by atoms with Crippen molar-refractivity contribution >= 4 is 5.96 Å². The molecule has 0 bridgehead atoms. The molecule has 0 saturated heterocycles. The fraction of sp³-hybridized carbons (Fsp3) is 0.933. The van der Waals surface area contributed by atoms with Crippen LogP contribution in [0, 0.1) is 5.41 Å². The number of hydrogen-bond acceptors (Lipinski definition) is 2. The van der Waals surface area contributed by atoms with Crippen molar-refractivity contribution in [3.05, 3.63) is 0 Å². The molecular formula is C15H26F3N3O. The molecule has 2 unspecified atom stereocenters. The summed E-state index contributed by atoms with van der Waals surface area (Å²) < 4.78 is 42.5. The van der Waals surface area contributed by atoms with E-state index in [1.807, 2.05) is 13.8 Å². The maximum atomic E-state index is 12.2. The highest BCUT2D eigenvalue weighted by atomic mass is 19.4. The molecule has 2 aliphatic carbocycles. The van der Waals surface area contributed by atoms with Gasteiger partial charge in [0.25, 0.3) is 0 Å². The molecule has 4 nitrogen and oxygen atoms in total. The molecule has 0 aliphatic heterocycles. The third-order valence-electron chi connectivity index (χ3n) is 4.76. The summed E-state index contributed by atoms with van der Waals surface area (Å²) in [5.74, 6) is 0.484. The van der Waals surface area contributed by atoms with E-state index in [-0.39, 0.29) is 24.1 Å². The number of hydrogen-bond donors (Lipinski definition) is 2. The Morgan fingerprint density at radius 1 is 1.32 bits per heavy atom. The summed E-state index contributed by atoms with van der Waals surface area (Å²) in [5, 5.41) is 6.34. The minimum Gasteiger partial charge on any atom is -0.378 e. The fourth-order valence-electron chi connectivity index (χ4n) is 3.42. The Kier molecular flexibility index (Phi) is 5.58. The van der Waals surface area contributed by atoms with Gasteiger partial charge in [0.2, 0.25) is 0 Å². The molecule has 1 spiro atoms. The average molecular weight is 321 g/mol. The van der Waals surface area contributed by atoms with Crippen LogP contribution in [0.4, 0.5) is 13.2 Å². The second-order valence-electron chi connectivity index (χ2n) is 6.09. The van der Waals surface area contributed by atoms with Crippen LogP contribution in [0.25, 0.3) is 0 Å². The van der Waals surface area contributed by atoms with Crippen molar-refractivity contribution in [1.82, 2.24) is 10.6 Å². The van der Waals surface area contributed by atoms with Gasteiger partial charge in [-0.2, -0.15) is 13.2 Å². The molecule has 0 aromatic rings. The minimum atomic E-state index is -4.16. The van der Waals surface area contributed by atoms with Crippen LogP contribution in [0.1, 0.15) is 46.0 Å². The van der Waals surface area contributed by atoms with Gasteiger partial charge in [0.15, 0.2) is 5.96 Å². The van der Waals surface area contributed by atoms with Crippen LogP contribution in [0.5, 0.6) is 0 Å². The number of nitrogens with zero attached hydrogens (tertiary/aromatic N) is 1. The number of alkyl halides is 3. The molecule has 22 heavy (non-hydrogen) atoms. The van der Waals surface area contributed by atoms with E-state index in [0.29, 0.717) is 19.1 Å². The Bertz CT molecular complexity index is 394. The zero-order valence-electron chi connectivity index (χ0n) is 13.3. The molecule has 2 atom stereocenters. The van der Waals surface area contributed by atoms with Crippen molar-refractivity contribution in [3.63, 3.8) is 0 Å². The van der Waals surface area contributed by atoms with Crippen molar-refractivity contribution in [2.24, 2.45) is 10.4 Å². The van der Waals surface area contributed by atoms with Gasteiger partial charge >= 0.3 is 6.18 Å². The molecule has 2 aliphatic rings. The van der Waals surface area contributed by atoms with Crippen LogP contribution >= 0.6 is 0 Å². The van der Waals surface area contributed by atoms with E-state index in [4.69, 9.17) is 4.74 Å². The highest BCUT2D eigenvalue weighted by molar-refractivity contribution is 5.80. The molecule has 0 amide bonds. The number of ether oxygens (including phenoxy) is 1. The van der Waals surface area contributed by atoms with Crippen LogP contribution < -0.4 is 10.6 Å². The predicted molar refractivity (Wildman–Crippen MR) is 79.9 cm³/mol. The third-order valence-corrected chi connectivity index (χ3v) is 4.76. The number of halogens is 3. The zero-order chi connectivity index (χ0) is 16.2. The topological polar surface area (TPSA) is 45.7 Å². The van der Waals surface area contributed by atoms with Gasteiger partial charge in [-0.25, -0.2) is 0 Å². The lowest BCUT2D eigenvalue weighted by molar-refractivity contribution is -0.168. The number of rotatable bonds is 6. The highest BCUT2D eigenvalue weighted by Gasteiger charge is 2.59. The standard InChI is InChI=1S/C15H26F3N3O/c1-3-19-13(20-9-8-15(16,17)18)21-11-10-12(22-4-2)14(11)6-5-7-14/h11-12H,3-10H2,1-2H3,(H2,19,20,21). The Morgan fingerprint density at radius 3 is 2.55 bits per heavy atom. The second-order valence-corrected chi connectivity index (χ2v) is 6.09. The van der Waals surface area contributed by atoms with E-state index in [2.05, 4.69) is 15.6 Å². The molecule has 2 fully saturated rings. The quantitative estimate of drug-likeness (QED) is 0.584. The molecule has 2 N–H and O–H groups in total. The van der Waals surface area contributed by atoms with Gasteiger partial charge < -0.3 is 15.4 Å². The molecule has 2 rings (SSSR count). The number of guanidine groups is 1. The lowest BCUT2D eigenvalue weighted by Crippen LogP contribution is -2.68. The largest absolute Gasteiger partial charge is 0.390 e. The van der Waals surface area contributed by atoms with Gasteiger partial charge in [0.1, 0.15) is 0 Å². The fourth-order valence-corrected chi connectivity index (χ4v) is 3.42.